The minimum Gasteiger partial charge on any atom is -0.497 e. The maximum atomic E-state index is 13.4. The van der Waals surface area contributed by atoms with Crippen molar-refractivity contribution in [3.8, 4) is 5.75 Å². The lowest BCUT2D eigenvalue weighted by molar-refractivity contribution is -0.119. The highest BCUT2D eigenvalue weighted by molar-refractivity contribution is 7.92. The number of nitrogens with zero attached hydrogens (tertiary/aromatic N) is 2. The number of rotatable bonds is 10. The molecule has 1 aliphatic rings. The van der Waals surface area contributed by atoms with E-state index in [2.05, 4.69) is 10.2 Å². The summed E-state index contributed by atoms with van der Waals surface area (Å²) in [6, 6.07) is 13.2. The number of nitrogens with one attached hydrogen (secondary N) is 1. The molecule has 9 heteroatoms. The Balaban J connectivity index is 1.68. The SMILES string of the molecule is COc1ccc(S(=O)(=O)N(CC(=O)NCCCN2CCOCC2)c2ccc(C)cc2)cc1. The highest BCUT2D eigenvalue weighted by atomic mass is 32.2. The molecule has 8 nitrogen and oxygen atoms in total. The van der Waals surface area contributed by atoms with Gasteiger partial charge in [-0.3, -0.25) is 14.0 Å². The third kappa shape index (κ3) is 6.44. The molecule has 1 fully saturated rings. The molecule has 32 heavy (non-hydrogen) atoms. The Morgan fingerprint density at radius 2 is 1.75 bits per heavy atom. The van der Waals surface area contributed by atoms with E-state index in [1.807, 2.05) is 19.1 Å². The second kappa shape index (κ2) is 11.3. The number of hydrogen-bond acceptors (Lipinski definition) is 6. The minimum absolute atomic E-state index is 0.0963. The normalized spacial score (nSPS) is 14.7. The summed E-state index contributed by atoms with van der Waals surface area (Å²) in [6.45, 7) is 6.25. The van der Waals surface area contributed by atoms with Crippen LogP contribution in [0.2, 0.25) is 0 Å². The van der Waals surface area contributed by atoms with Gasteiger partial charge in [-0.05, 0) is 56.3 Å². The van der Waals surface area contributed by atoms with Gasteiger partial charge in [0, 0.05) is 19.6 Å². The number of sulfonamides is 1. The van der Waals surface area contributed by atoms with E-state index in [1.165, 1.54) is 19.2 Å². The number of aryl methyl sites for hydroxylation is 1. The van der Waals surface area contributed by atoms with E-state index >= 15 is 0 Å². The minimum atomic E-state index is -3.94. The highest BCUT2D eigenvalue weighted by Crippen LogP contribution is 2.25. The van der Waals surface area contributed by atoms with Crippen LogP contribution in [-0.4, -0.2) is 72.3 Å². The van der Waals surface area contributed by atoms with Crippen LogP contribution in [0.4, 0.5) is 5.69 Å². The molecule has 174 valence electrons. The highest BCUT2D eigenvalue weighted by Gasteiger charge is 2.27. The molecule has 0 unspecified atom stereocenters. The van der Waals surface area contributed by atoms with Crippen LogP contribution < -0.4 is 14.4 Å². The van der Waals surface area contributed by atoms with Crippen molar-refractivity contribution in [1.82, 2.24) is 10.2 Å². The molecular weight excluding hydrogens is 430 g/mol. The van der Waals surface area contributed by atoms with Crippen molar-refractivity contribution in [2.24, 2.45) is 0 Å². The standard InChI is InChI=1S/C23H31N3O5S/c1-19-4-6-20(7-5-19)26(32(28,29)22-10-8-21(30-2)9-11-22)18-23(27)24-12-3-13-25-14-16-31-17-15-25/h4-11H,3,12-18H2,1-2H3,(H,24,27). The van der Waals surface area contributed by atoms with Crippen molar-refractivity contribution in [1.29, 1.82) is 0 Å². The zero-order valence-electron chi connectivity index (χ0n) is 18.6. The average molecular weight is 462 g/mol. The van der Waals surface area contributed by atoms with Crippen molar-refractivity contribution in [3.05, 3.63) is 54.1 Å². The predicted octanol–water partition coefficient (Wildman–Crippen LogP) is 2.04. The van der Waals surface area contributed by atoms with E-state index in [9.17, 15) is 13.2 Å². The molecule has 1 amide bonds. The molecule has 0 bridgehead atoms. The lowest BCUT2D eigenvalue weighted by Gasteiger charge is -2.26. The lowest BCUT2D eigenvalue weighted by atomic mass is 10.2. The second-order valence-electron chi connectivity index (χ2n) is 7.68. The molecule has 0 atom stereocenters. The molecule has 2 aromatic rings. The quantitative estimate of drug-likeness (QED) is 0.545. The van der Waals surface area contributed by atoms with Gasteiger partial charge in [0.15, 0.2) is 0 Å². The molecule has 0 spiro atoms. The Morgan fingerprint density at radius 1 is 1.09 bits per heavy atom. The van der Waals surface area contributed by atoms with Gasteiger partial charge in [0.05, 0.1) is 30.9 Å². The number of methoxy groups -OCH3 is 1. The van der Waals surface area contributed by atoms with Crippen LogP contribution in [0.5, 0.6) is 5.75 Å². The predicted molar refractivity (Wildman–Crippen MR) is 124 cm³/mol. The summed E-state index contributed by atoms with van der Waals surface area (Å²) in [5, 5.41) is 2.85. The van der Waals surface area contributed by atoms with E-state index < -0.39 is 10.0 Å². The fourth-order valence-corrected chi connectivity index (χ4v) is 4.86. The van der Waals surface area contributed by atoms with E-state index in [4.69, 9.17) is 9.47 Å². The number of carbonyl (C=O) groups is 1. The molecular formula is C23H31N3O5S. The van der Waals surface area contributed by atoms with Gasteiger partial charge in [-0.2, -0.15) is 0 Å². The second-order valence-corrected chi connectivity index (χ2v) is 9.54. The Hall–Kier alpha value is -2.62. The smallest absolute Gasteiger partial charge is 0.264 e. The van der Waals surface area contributed by atoms with Crippen molar-refractivity contribution in [3.63, 3.8) is 0 Å². The van der Waals surface area contributed by atoms with Gasteiger partial charge < -0.3 is 14.8 Å². The first kappa shape index (κ1) is 24.0. The van der Waals surface area contributed by atoms with Gasteiger partial charge in [-0.15, -0.1) is 0 Å². The Morgan fingerprint density at radius 3 is 2.38 bits per heavy atom. The molecule has 3 rings (SSSR count). The summed E-state index contributed by atoms with van der Waals surface area (Å²) in [5.74, 6) is 0.216. The van der Waals surface area contributed by atoms with Gasteiger partial charge in [0.1, 0.15) is 12.3 Å². The average Bonchev–Trinajstić information content (AvgIpc) is 2.81. The van der Waals surface area contributed by atoms with Crippen LogP contribution in [0, 0.1) is 6.92 Å². The van der Waals surface area contributed by atoms with Crippen LogP contribution in [0.3, 0.4) is 0 Å². The topological polar surface area (TPSA) is 88.2 Å². The molecule has 0 radical (unpaired) electrons. The zero-order valence-corrected chi connectivity index (χ0v) is 19.4. The first-order valence-corrected chi connectivity index (χ1v) is 12.1. The van der Waals surface area contributed by atoms with E-state index in [1.54, 1.807) is 24.3 Å². The number of hydrogen-bond donors (Lipinski definition) is 1. The molecule has 0 aromatic heterocycles. The fourth-order valence-electron chi connectivity index (χ4n) is 3.44. The summed E-state index contributed by atoms with van der Waals surface area (Å²) < 4.78 is 38.4. The van der Waals surface area contributed by atoms with Crippen LogP contribution in [0.25, 0.3) is 0 Å². The summed E-state index contributed by atoms with van der Waals surface area (Å²) >= 11 is 0. The Bertz CT molecular complexity index is 972. The Kier molecular flexibility index (Phi) is 8.49. The largest absolute Gasteiger partial charge is 0.497 e. The van der Waals surface area contributed by atoms with E-state index in [0.29, 0.717) is 18.0 Å². The number of carbonyl (C=O) groups excluding carboxylic acids is 1. The third-order valence-electron chi connectivity index (χ3n) is 5.33. The van der Waals surface area contributed by atoms with Crippen LogP contribution in [0.15, 0.2) is 53.4 Å². The van der Waals surface area contributed by atoms with Crippen molar-refractivity contribution in [2.45, 2.75) is 18.2 Å². The summed E-state index contributed by atoms with van der Waals surface area (Å²) in [6.07, 6.45) is 0.793. The van der Waals surface area contributed by atoms with Crippen LogP contribution >= 0.6 is 0 Å². The Labute approximate surface area is 190 Å². The first-order valence-electron chi connectivity index (χ1n) is 10.7. The van der Waals surface area contributed by atoms with Gasteiger partial charge in [0.2, 0.25) is 5.91 Å². The van der Waals surface area contributed by atoms with Crippen LogP contribution in [0.1, 0.15) is 12.0 Å². The maximum Gasteiger partial charge on any atom is 0.264 e. The molecule has 1 heterocycles. The zero-order chi connectivity index (χ0) is 23.0. The molecule has 1 saturated heterocycles. The molecule has 0 aliphatic carbocycles. The van der Waals surface area contributed by atoms with Gasteiger partial charge in [-0.25, -0.2) is 8.42 Å². The summed E-state index contributed by atoms with van der Waals surface area (Å²) in [7, 11) is -2.42. The van der Waals surface area contributed by atoms with Crippen LogP contribution in [-0.2, 0) is 19.6 Å². The van der Waals surface area contributed by atoms with Crippen molar-refractivity contribution in [2.75, 3.05) is 57.4 Å². The fraction of sp³-hybridized carbons (Fsp3) is 0.435. The first-order chi connectivity index (χ1) is 15.4. The van der Waals surface area contributed by atoms with Gasteiger partial charge in [-0.1, -0.05) is 17.7 Å². The molecule has 1 N–H and O–H groups in total. The van der Waals surface area contributed by atoms with Gasteiger partial charge >= 0.3 is 0 Å². The van der Waals surface area contributed by atoms with E-state index in [0.717, 1.165) is 49.1 Å². The summed E-state index contributed by atoms with van der Waals surface area (Å²) in [5.41, 5.74) is 1.44. The van der Waals surface area contributed by atoms with E-state index in [-0.39, 0.29) is 17.3 Å². The third-order valence-corrected chi connectivity index (χ3v) is 7.12. The number of ether oxygens (including phenoxy) is 2. The lowest BCUT2D eigenvalue weighted by Crippen LogP contribution is -2.42. The number of amides is 1. The van der Waals surface area contributed by atoms with Crippen molar-refractivity contribution < 1.29 is 22.7 Å². The molecule has 0 saturated carbocycles. The monoisotopic (exact) mass is 461 g/mol. The summed E-state index contributed by atoms with van der Waals surface area (Å²) in [4.78, 5) is 15.0. The van der Waals surface area contributed by atoms with Crippen molar-refractivity contribution >= 4 is 21.6 Å². The number of anilines is 1. The number of morpholine rings is 1. The van der Waals surface area contributed by atoms with Gasteiger partial charge in [0.25, 0.3) is 10.0 Å². The molecule has 1 aliphatic heterocycles. The number of benzene rings is 2. The molecule has 2 aromatic carbocycles. The maximum absolute atomic E-state index is 13.4.